The van der Waals surface area contributed by atoms with E-state index < -0.39 is 0 Å². The van der Waals surface area contributed by atoms with E-state index in [-0.39, 0.29) is 5.54 Å². The highest BCUT2D eigenvalue weighted by atomic mass is 16.5. The van der Waals surface area contributed by atoms with Crippen molar-refractivity contribution >= 4 is 0 Å². The Bertz CT molecular complexity index is 175. The van der Waals surface area contributed by atoms with Gasteiger partial charge < -0.3 is 9.84 Å². The molecule has 0 amide bonds. The molecule has 1 N–H and O–H groups in total. The number of methoxy groups -OCH3 is 1. The predicted octanol–water partition coefficient (Wildman–Crippen LogP) is 1.26. The first-order valence-electron chi connectivity index (χ1n) is 5.69. The molecule has 2 unspecified atom stereocenters. The SMILES string of the molecule is CC.COC1CN2CCCC2(CO)C1. The minimum Gasteiger partial charge on any atom is -0.394 e. The van der Waals surface area contributed by atoms with Crippen LogP contribution in [0.3, 0.4) is 0 Å². The average molecular weight is 201 g/mol. The number of hydrogen-bond donors (Lipinski definition) is 1. The molecule has 0 aliphatic carbocycles. The molecule has 0 bridgehead atoms. The Hall–Kier alpha value is -0.120. The van der Waals surface area contributed by atoms with Crippen molar-refractivity contribution in [3.8, 4) is 0 Å². The molecule has 2 heterocycles. The first-order valence-corrected chi connectivity index (χ1v) is 5.69. The number of hydrogen-bond acceptors (Lipinski definition) is 3. The van der Waals surface area contributed by atoms with Crippen molar-refractivity contribution in [1.29, 1.82) is 0 Å². The minimum atomic E-state index is 0.0840. The van der Waals surface area contributed by atoms with Gasteiger partial charge in [-0.3, -0.25) is 4.90 Å². The largest absolute Gasteiger partial charge is 0.394 e. The highest BCUT2D eigenvalue weighted by Gasteiger charge is 2.47. The number of nitrogens with zero attached hydrogens (tertiary/aromatic N) is 1. The van der Waals surface area contributed by atoms with Crippen LogP contribution in [0.4, 0.5) is 0 Å². The molecule has 0 radical (unpaired) electrons. The van der Waals surface area contributed by atoms with Crippen LogP contribution in [0.5, 0.6) is 0 Å². The number of aliphatic hydroxyl groups is 1. The van der Waals surface area contributed by atoms with E-state index in [1.165, 1.54) is 6.42 Å². The zero-order valence-electron chi connectivity index (χ0n) is 9.62. The van der Waals surface area contributed by atoms with Gasteiger partial charge >= 0.3 is 0 Å². The molecule has 3 heteroatoms. The summed E-state index contributed by atoms with van der Waals surface area (Å²) in [6.07, 6.45) is 3.73. The van der Waals surface area contributed by atoms with Crippen LogP contribution in [0.1, 0.15) is 33.1 Å². The van der Waals surface area contributed by atoms with E-state index in [9.17, 15) is 5.11 Å². The normalized spacial score (nSPS) is 36.4. The van der Waals surface area contributed by atoms with E-state index in [1.54, 1.807) is 7.11 Å². The van der Waals surface area contributed by atoms with E-state index >= 15 is 0 Å². The van der Waals surface area contributed by atoms with Crippen molar-refractivity contribution in [2.75, 3.05) is 26.8 Å². The van der Waals surface area contributed by atoms with Gasteiger partial charge in [0.05, 0.1) is 12.7 Å². The number of rotatable bonds is 2. The zero-order valence-corrected chi connectivity index (χ0v) is 9.62. The van der Waals surface area contributed by atoms with Crippen LogP contribution in [-0.4, -0.2) is 48.5 Å². The van der Waals surface area contributed by atoms with Gasteiger partial charge in [0.1, 0.15) is 0 Å². The molecule has 0 spiro atoms. The van der Waals surface area contributed by atoms with Gasteiger partial charge in [-0.2, -0.15) is 0 Å². The summed E-state index contributed by atoms with van der Waals surface area (Å²) >= 11 is 0. The zero-order chi connectivity index (χ0) is 10.6. The van der Waals surface area contributed by atoms with Crippen LogP contribution in [0, 0.1) is 0 Å². The summed E-state index contributed by atoms with van der Waals surface area (Å²) in [4.78, 5) is 2.39. The van der Waals surface area contributed by atoms with Crippen LogP contribution in [0.25, 0.3) is 0 Å². The number of aliphatic hydroxyl groups excluding tert-OH is 1. The Balaban J connectivity index is 0.000000461. The van der Waals surface area contributed by atoms with Crippen molar-refractivity contribution in [2.24, 2.45) is 0 Å². The Kier molecular flexibility index (Phi) is 4.35. The van der Waals surface area contributed by atoms with Gasteiger partial charge in [0.2, 0.25) is 0 Å². The minimum absolute atomic E-state index is 0.0840. The van der Waals surface area contributed by atoms with Crippen LogP contribution in [0.15, 0.2) is 0 Å². The maximum absolute atomic E-state index is 9.34. The molecule has 2 atom stereocenters. The fourth-order valence-electron chi connectivity index (χ4n) is 2.65. The summed E-state index contributed by atoms with van der Waals surface area (Å²) in [5, 5.41) is 9.34. The molecule has 0 aromatic rings. The lowest BCUT2D eigenvalue weighted by Crippen LogP contribution is -2.41. The van der Waals surface area contributed by atoms with Gasteiger partial charge in [-0.25, -0.2) is 0 Å². The maximum atomic E-state index is 9.34. The molecule has 14 heavy (non-hydrogen) atoms. The van der Waals surface area contributed by atoms with Gasteiger partial charge in [-0.05, 0) is 25.8 Å². The predicted molar refractivity (Wildman–Crippen MR) is 57.4 cm³/mol. The number of fused-ring (bicyclic) bond motifs is 1. The van der Waals surface area contributed by atoms with E-state index in [0.717, 1.165) is 25.9 Å². The average Bonchev–Trinajstić information content (AvgIpc) is 2.76. The quantitative estimate of drug-likeness (QED) is 0.730. The highest BCUT2D eigenvalue weighted by Crippen LogP contribution is 2.39. The summed E-state index contributed by atoms with van der Waals surface area (Å²) < 4.78 is 5.32. The van der Waals surface area contributed by atoms with Crippen molar-refractivity contribution in [1.82, 2.24) is 4.90 Å². The number of ether oxygens (including phenoxy) is 1. The Morgan fingerprint density at radius 1 is 1.50 bits per heavy atom. The second-order valence-corrected chi connectivity index (χ2v) is 3.99. The van der Waals surface area contributed by atoms with Gasteiger partial charge in [0.25, 0.3) is 0 Å². The molecular formula is C11H23NO2. The van der Waals surface area contributed by atoms with Gasteiger partial charge in [-0.15, -0.1) is 0 Å². The van der Waals surface area contributed by atoms with Crippen molar-refractivity contribution in [2.45, 2.75) is 44.8 Å². The second kappa shape index (κ2) is 5.10. The van der Waals surface area contributed by atoms with E-state index in [1.807, 2.05) is 13.8 Å². The lowest BCUT2D eigenvalue weighted by Gasteiger charge is -2.28. The molecule has 0 saturated carbocycles. The van der Waals surface area contributed by atoms with E-state index in [2.05, 4.69) is 4.90 Å². The molecule has 3 nitrogen and oxygen atoms in total. The molecule has 84 valence electrons. The van der Waals surface area contributed by atoms with Crippen LogP contribution in [-0.2, 0) is 4.74 Å². The Labute approximate surface area is 87.1 Å². The first kappa shape index (κ1) is 12.0. The molecule has 2 aliphatic heterocycles. The van der Waals surface area contributed by atoms with Gasteiger partial charge in [0, 0.05) is 19.2 Å². The third-order valence-corrected chi connectivity index (χ3v) is 3.40. The smallest absolute Gasteiger partial charge is 0.0716 e. The maximum Gasteiger partial charge on any atom is 0.0716 e. The van der Waals surface area contributed by atoms with Crippen LogP contribution in [0.2, 0.25) is 0 Å². The Morgan fingerprint density at radius 3 is 2.71 bits per heavy atom. The van der Waals surface area contributed by atoms with Gasteiger partial charge in [-0.1, -0.05) is 13.8 Å². The highest BCUT2D eigenvalue weighted by molar-refractivity contribution is 5.03. The van der Waals surface area contributed by atoms with Crippen LogP contribution >= 0.6 is 0 Å². The second-order valence-electron chi connectivity index (χ2n) is 3.99. The Morgan fingerprint density at radius 2 is 2.21 bits per heavy atom. The summed E-state index contributed by atoms with van der Waals surface area (Å²) in [5.41, 5.74) is 0.0840. The van der Waals surface area contributed by atoms with Crippen molar-refractivity contribution < 1.29 is 9.84 Å². The summed E-state index contributed by atoms with van der Waals surface area (Å²) in [5.74, 6) is 0. The van der Waals surface area contributed by atoms with Crippen molar-refractivity contribution in [3.63, 3.8) is 0 Å². The standard InChI is InChI=1S/C9H17NO2.C2H6/c1-12-8-5-9(7-11)3-2-4-10(9)6-8;1-2/h8,11H,2-7H2,1H3;1-2H3. The van der Waals surface area contributed by atoms with E-state index in [0.29, 0.717) is 12.7 Å². The fraction of sp³-hybridized carbons (Fsp3) is 1.00. The topological polar surface area (TPSA) is 32.7 Å². The van der Waals surface area contributed by atoms with Crippen LogP contribution < -0.4 is 0 Å². The summed E-state index contributed by atoms with van der Waals surface area (Å²) in [6, 6.07) is 0. The third kappa shape index (κ3) is 1.95. The van der Waals surface area contributed by atoms with Crippen molar-refractivity contribution in [3.05, 3.63) is 0 Å². The lowest BCUT2D eigenvalue weighted by atomic mass is 9.94. The summed E-state index contributed by atoms with van der Waals surface area (Å²) in [7, 11) is 1.76. The molecule has 0 aromatic heterocycles. The molecule has 2 fully saturated rings. The molecular weight excluding hydrogens is 178 g/mol. The lowest BCUT2D eigenvalue weighted by molar-refractivity contribution is 0.0944. The molecule has 2 aliphatic rings. The fourth-order valence-corrected chi connectivity index (χ4v) is 2.65. The van der Waals surface area contributed by atoms with E-state index in [4.69, 9.17) is 4.74 Å². The first-order chi connectivity index (χ1) is 6.80. The van der Waals surface area contributed by atoms with Gasteiger partial charge in [0.15, 0.2) is 0 Å². The molecule has 2 rings (SSSR count). The summed E-state index contributed by atoms with van der Waals surface area (Å²) in [6.45, 7) is 6.45. The monoisotopic (exact) mass is 201 g/mol. The molecule has 0 aromatic carbocycles. The third-order valence-electron chi connectivity index (χ3n) is 3.40. The molecule has 2 saturated heterocycles.